The van der Waals surface area contributed by atoms with E-state index in [0.717, 1.165) is 41.2 Å². The van der Waals surface area contributed by atoms with Gasteiger partial charge in [0.25, 0.3) is 0 Å². The number of hydrogen-bond donors (Lipinski definition) is 2. The van der Waals surface area contributed by atoms with E-state index in [-0.39, 0.29) is 6.61 Å². The summed E-state index contributed by atoms with van der Waals surface area (Å²) in [5, 5.41) is 15.4. The number of fused-ring (bicyclic) bond motifs is 1. The lowest BCUT2D eigenvalue weighted by molar-refractivity contribution is 0.0422. The first-order valence-electron chi connectivity index (χ1n) is 10.1. The zero-order chi connectivity index (χ0) is 21.2. The van der Waals surface area contributed by atoms with Gasteiger partial charge in [0, 0.05) is 55.8 Å². The van der Waals surface area contributed by atoms with Crippen LogP contribution in [-0.2, 0) is 9.47 Å². The molecule has 4 aromatic rings. The van der Waals surface area contributed by atoms with E-state index in [4.69, 9.17) is 14.6 Å². The number of hydrogen-bond acceptors (Lipinski definition) is 8. The highest BCUT2D eigenvalue weighted by Gasteiger charge is 2.20. The molecular formula is C21H23N7O3. The fraction of sp³-hybridized carbons (Fsp3) is 0.333. The Hall–Kier alpha value is -3.34. The van der Waals surface area contributed by atoms with Crippen molar-refractivity contribution in [3.8, 4) is 17.1 Å². The number of aromatic nitrogens is 6. The van der Waals surface area contributed by atoms with Gasteiger partial charge in [0.2, 0.25) is 0 Å². The van der Waals surface area contributed by atoms with Crippen molar-refractivity contribution >= 4 is 16.9 Å². The molecule has 31 heavy (non-hydrogen) atoms. The summed E-state index contributed by atoms with van der Waals surface area (Å²) in [6.45, 7) is 2.54. The minimum absolute atomic E-state index is 0.213. The molecule has 10 nitrogen and oxygen atoms in total. The van der Waals surface area contributed by atoms with E-state index >= 15 is 0 Å². The Morgan fingerprint density at radius 2 is 2.06 bits per heavy atom. The molecule has 0 unspecified atom stereocenters. The third kappa shape index (κ3) is 3.76. The van der Waals surface area contributed by atoms with Crippen LogP contribution in [0.15, 0.2) is 42.9 Å². The fourth-order valence-corrected chi connectivity index (χ4v) is 3.68. The van der Waals surface area contributed by atoms with E-state index in [1.165, 1.54) is 7.11 Å². The second kappa shape index (κ2) is 8.42. The molecule has 0 radical (unpaired) electrons. The summed E-state index contributed by atoms with van der Waals surface area (Å²) >= 11 is 0. The van der Waals surface area contributed by atoms with Gasteiger partial charge in [-0.2, -0.15) is 5.10 Å². The normalized spacial score (nSPS) is 15.5. The number of rotatable bonds is 6. The number of pyridine rings is 1. The summed E-state index contributed by atoms with van der Waals surface area (Å²) in [6, 6.07) is 7.75. The Labute approximate surface area is 178 Å². The Morgan fingerprint density at radius 3 is 2.87 bits per heavy atom. The summed E-state index contributed by atoms with van der Waals surface area (Å²) in [5.41, 5.74) is 2.59. The molecule has 1 aliphatic heterocycles. The predicted octanol–water partition coefficient (Wildman–Crippen LogP) is 1.72. The number of aliphatic hydroxyl groups is 1. The van der Waals surface area contributed by atoms with Crippen LogP contribution in [0.5, 0.6) is 0 Å². The van der Waals surface area contributed by atoms with Crippen LogP contribution >= 0.6 is 0 Å². The first-order chi connectivity index (χ1) is 15.3. The average Bonchev–Trinajstić information content (AvgIpc) is 3.48. The fourth-order valence-electron chi connectivity index (χ4n) is 3.68. The Bertz CT molecular complexity index is 1180. The van der Waals surface area contributed by atoms with E-state index in [9.17, 15) is 5.11 Å². The molecule has 0 saturated carbocycles. The molecule has 0 aliphatic carbocycles. The van der Waals surface area contributed by atoms with E-state index in [0.29, 0.717) is 24.9 Å². The molecule has 1 aliphatic rings. The van der Waals surface area contributed by atoms with Crippen LogP contribution in [-0.4, -0.2) is 74.8 Å². The molecule has 0 amide bonds. The summed E-state index contributed by atoms with van der Waals surface area (Å²) in [6.07, 6.45) is 4.90. The maximum atomic E-state index is 9.70. The average molecular weight is 421 g/mol. The van der Waals surface area contributed by atoms with Gasteiger partial charge in [-0.1, -0.05) is 0 Å². The third-order valence-electron chi connectivity index (χ3n) is 5.34. The number of nitrogens with zero attached hydrogens (tertiary/aromatic N) is 6. The van der Waals surface area contributed by atoms with Gasteiger partial charge in [0.1, 0.15) is 17.6 Å². The lowest BCUT2D eigenvalue weighted by Gasteiger charge is -2.28. The van der Waals surface area contributed by atoms with Gasteiger partial charge in [-0.15, -0.1) is 0 Å². The first kappa shape index (κ1) is 19.6. The van der Waals surface area contributed by atoms with Crippen molar-refractivity contribution in [2.24, 2.45) is 0 Å². The maximum Gasteiger partial charge on any atom is 0.164 e. The van der Waals surface area contributed by atoms with E-state index in [1.807, 2.05) is 36.7 Å². The maximum absolute atomic E-state index is 9.70. The number of aromatic amines is 1. The van der Waals surface area contributed by atoms with Crippen molar-refractivity contribution in [1.82, 2.24) is 29.7 Å². The lowest BCUT2D eigenvalue weighted by Crippen LogP contribution is -2.37. The monoisotopic (exact) mass is 421 g/mol. The van der Waals surface area contributed by atoms with Crippen LogP contribution in [0.1, 0.15) is 11.9 Å². The van der Waals surface area contributed by atoms with Crippen LogP contribution in [0.2, 0.25) is 0 Å². The quantitative estimate of drug-likeness (QED) is 0.484. The standard InChI is InChI=1S/C21H23N7O3/c1-30-17(13-29)21-24-18(27-7-9-31-10-8-27)11-19(25-21)28-6-4-16(26-28)15-12-23-20-14(15)3-2-5-22-20/h2-6,11-12,17,29H,7-10,13H2,1H3,(H,22,23)/t17-/m0/s1. The van der Waals surface area contributed by atoms with Gasteiger partial charge in [-0.3, -0.25) is 0 Å². The Balaban J connectivity index is 1.55. The summed E-state index contributed by atoms with van der Waals surface area (Å²) in [7, 11) is 1.53. The summed E-state index contributed by atoms with van der Waals surface area (Å²) in [4.78, 5) is 18.9. The van der Waals surface area contributed by atoms with Crippen LogP contribution in [0, 0.1) is 0 Å². The van der Waals surface area contributed by atoms with E-state index < -0.39 is 6.10 Å². The molecule has 2 N–H and O–H groups in total. The number of morpholine rings is 1. The zero-order valence-corrected chi connectivity index (χ0v) is 17.1. The molecule has 4 aromatic heterocycles. The number of aliphatic hydroxyl groups excluding tert-OH is 1. The van der Waals surface area contributed by atoms with E-state index in [1.54, 1.807) is 10.9 Å². The summed E-state index contributed by atoms with van der Waals surface area (Å²) in [5.74, 6) is 1.77. The highest BCUT2D eigenvalue weighted by atomic mass is 16.5. The smallest absolute Gasteiger partial charge is 0.164 e. The van der Waals surface area contributed by atoms with Crippen molar-refractivity contribution in [2.75, 3.05) is 44.9 Å². The van der Waals surface area contributed by atoms with E-state index in [2.05, 4.69) is 24.8 Å². The van der Waals surface area contributed by atoms with Gasteiger partial charge < -0.3 is 24.5 Å². The van der Waals surface area contributed by atoms with Gasteiger partial charge in [-0.25, -0.2) is 19.6 Å². The molecular weight excluding hydrogens is 398 g/mol. The first-order valence-corrected chi connectivity index (χ1v) is 10.1. The number of ether oxygens (including phenoxy) is 2. The molecule has 1 atom stereocenters. The second-order valence-corrected chi connectivity index (χ2v) is 7.20. The Kier molecular flexibility index (Phi) is 5.33. The van der Waals surface area contributed by atoms with Gasteiger partial charge in [0.15, 0.2) is 11.6 Å². The molecule has 1 saturated heterocycles. The second-order valence-electron chi connectivity index (χ2n) is 7.20. The number of nitrogens with one attached hydrogen (secondary N) is 1. The Morgan fingerprint density at radius 1 is 1.23 bits per heavy atom. The van der Waals surface area contributed by atoms with Crippen molar-refractivity contribution in [3.63, 3.8) is 0 Å². The van der Waals surface area contributed by atoms with Gasteiger partial charge in [0.05, 0.1) is 25.5 Å². The largest absolute Gasteiger partial charge is 0.393 e. The molecule has 1 fully saturated rings. The van der Waals surface area contributed by atoms with Crippen LogP contribution in [0.4, 0.5) is 5.82 Å². The van der Waals surface area contributed by atoms with Crippen molar-refractivity contribution < 1.29 is 14.6 Å². The molecule has 0 aromatic carbocycles. The molecule has 0 bridgehead atoms. The molecule has 5 heterocycles. The number of methoxy groups -OCH3 is 1. The summed E-state index contributed by atoms with van der Waals surface area (Å²) < 4.78 is 12.5. The molecule has 0 spiro atoms. The van der Waals surface area contributed by atoms with Gasteiger partial charge >= 0.3 is 0 Å². The SMILES string of the molecule is CO[C@@H](CO)c1nc(N2CCOCC2)cc(-n2ccc(-c3c[nH]c4ncccc34)n2)n1. The minimum atomic E-state index is -0.616. The lowest BCUT2D eigenvalue weighted by atomic mass is 10.2. The molecule has 5 rings (SSSR count). The zero-order valence-electron chi connectivity index (χ0n) is 17.1. The number of anilines is 1. The van der Waals surface area contributed by atoms with Crippen molar-refractivity contribution in [2.45, 2.75) is 6.10 Å². The van der Waals surface area contributed by atoms with Crippen molar-refractivity contribution in [3.05, 3.63) is 48.7 Å². The van der Waals surface area contributed by atoms with Crippen LogP contribution in [0.25, 0.3) is 28.1 Å². The highest BCUT2D eigenvalue weighted by Crippen LogP contribution is 2.27. The van der Waals surface area contributed by atoms with Crippen LogP contribution < -0.4 is 4.90 Å². The predicted molar refractivity (Wildman–Crippen MR) is 114 cm³/mol. The molecule has 10 heteroatoms. The highest BCUT2D eigenvalue weighted by molar-refractivity contribution is 5.92. The minimum Gasteiger partial charge on any atom is -0.393 e. The third-order valence-corrected chi connectivity index (χ3v) is 5.34. The number of H-pyrrole nitrogens is 1. The van der Waals surface area contributed by atoms with Gasteiger partial charge in [-0.05, 0) is 18.2 Å². The van der Waals surface area contributed by atoms with Crippen molar-refractivity contribution in [1.29, 1.82) is 0 Å². The van der Waals surface area contributed by atoms with Crippen LogP contribution in [0.3, 0.4) is 0 Å². The topological polar surface area (TPSA) is 114 Å². The molecule has 160 valence electrons.